The van der Waals surface area contributed by atoms with E-state index in [1.165, 1.54) is 93.5 Å². The summed E-state index contributed by atoms with van der Waals surface area (Å²) in [6, 6.07) is 9.11. The lowest BCUT2D eigenvalue weighted by Crippen LogP contribution is -2.44. The molecule has 0 saturated heterocycles. The number of fused-ring (bicyclic) bond motifs is 4. The van der Waals surface area contributed by atoms with Gasteiger partial charge >= 0.3 is 0 Å². The molecule has 0 amide bonds. The van der Waals surface area contributed by atoms with Gasteiger partial charge in [-0.2, -0.15) is 0 Å². The van der Waals surface area contributed by atoms with Crippen molar-refractivity contribution >= 4 is 22.7 Å². The Bertz CT molecular complexity index is 1450. The molecule has 0 bridgehead atoms. The molecule has 0 radical (unpaired) electrons. The van der Waals surface area contributed by atoms with Gasteiger partial charge in [0.2, 0.25) is 0 Å². The van der Waals surface area contributed by atoms with E-state index in [0.29, 0.717) is 5.92 Å². The SMILES string of the molecule is C1=CCC(C2C3=C(CCC=C3)C(C3CC=C(n4c5c(c6ccccc64)C=CCC5)CC3)C3CCCCC32)C=C1. The van der Waals surface area contributed by atoms with Gasteiger partial charge in [-0.3, -0.25) is 0 Å². The molecule has 6 aliphatic carbocycles. The van der Waals surface area contributed by atoms with Crippen LogP contribution < -0.4 is 0 Å². The predicted octanol–water partition coefficient (Wildman–Crippen LogP) is 10.1. The largest absolute Gasteiger partial charge is 0.317 e. The first-order valence-electron chi connectivity index (χ1n) is 16.1. The van der Waals surface area contributed by atoms with Crippen LogP contribution in [0.3, 0.4) is 0 Å². The second-order valence-electron chi connectivity index (χ2n) is 13.2. The summed E-state index contributed by atoms with van der Waals surface area (Å²) in [4.78, 5) is 0. The Hall–Kier alpha value is -2.80. The van der Waals surface area contributed by atoms with Gasteiger partial charge in [-0.25, -0.2) is 0 Å². The van der Waals surface area contributed by atoms with Crippen molar-refractivity contribution in [3.05, 3.63) is 95.3 Å². The second kappa shape index (κ2) is 9.99. The van der Waals surface area contributed by atoms with Gasteiger partial charge in [0.15, 0.2) is 0 Å². The Morgan fingerprint density at radius 2 is 1.59 bits per heavy atom. The summed E-state index contributed by atoms with van der Waals surface area (Å²) >= 11 is 0. The van der Waals surface area contributed by atoms with Crippen molar-refractivity contribution in [2.24, 2.45) is 35.5 Å². The Morgan fingerprint density at radius 3 is 2.44 bits per heavy atom. The zero-order valence-electron chi connectivity index (χ0n) is 23.4. The average molecular weight is 514 g/mol. The molecule has 1 heterocycles. The standard InChI is InChI=1S/C38H43N/c1-2-12-26(13-3-1)37-31-16-4-6-18-33(31)38(34-19-7-5-17-32(34)37)27-22-24-28(25-23-27)39-35-20-10-8-14-29(35)30-15-9-11-21-36(30)39/h1-4,8-10,12,14-16,20,24,26-27,32,34,37-38H,5-7,11,13,17-19,21-23,25H2. The van der Waals surface area contributed by atoms with E-state index >= 15 is 0 Å². The molecule has 0 aliphatic heterocycles. The molecule has 1 saturated carbocycles. The fraction of sp³-hybridized carbons (Fsp3) is 0.474. The molecular weight excluding hydrogens is 470 g/mol. The molecule has 0 N–H and O–H groups in total. The number of allylic oxidation sites excluding steroid dienone is 11. The minimum absolute atomic E-state index is 0.703. The van der Waals surface area contributed by atoms with E-state index in [-0.39, 0.29) is 0 Å². The van der Waals surface area contributed by atoms with E-state index < -0.39 is 0 Å². The molecule has 39 heavy (non-hydrogen) atoms. The van der Waals surface area contributed by atoms with E-state index in [1.54, 1.807) is 17.0 Å². The fourth-order valence-electron chi connectivity index (χ4n) is 9.87. The maximum atomic E-state index is 2.68. The van der Waals surface area contributed by atoms with E-state index in [4.69, 9.17) is 0 Å². The van der Waals surface area contributed by atoms with Gasteiger partial charge in [0.25, 0.3) is 0 Å². The monoisotopic (exact) mass is 513 g/mol. The number of nitrogens with zero attached hydrogens (tertiary/aromatic N) is 1. The van der Waals surface area contributed by atoms with Crippen molar-refractivity contribution in [2.45, 2.75) is 77.0 Å². The van der Waals surface area contributed by atoms with Crippen LogP contribution in [-0.4, -0.2) is 4.57 Å². The molecule has 0 spiro atoms. The summed E-state index contributed by atoms with van der Waals surface area (Å²) in [7, 11) is 0. The van der Waals surface area contributed by atoms with Crippen molar-refractivity contribution in [1.82, 2.24) is 4.57 Å². The summed E-state index contributed by atoms with van der Waals surface area (Å²) in [6.07, 6.45) is 37.9. The molecule has 6 aliphatic rings. The van der Waals surface area contributed by atoms with Crippen LogP contribution in [0.1, 0.15) is 81.9 Å². The predicted molar refractivity (Wildman–Crippen MR) is 165 cm³/mol. The van der Waals surface area contributed by atoms with Crippen LogP contribution in [0, 0.1) is 35.5 Å². The normalized spacial score (nSPS) is 33.6. The number of hydrogen-bond donors (Lipinski definition) is 0. The molecule has 1 aromatic carbocycles. The highest BCUT2D eigenvalue weighted by atomic mass is 15.0. The zero-order valence-corrected chi connectivity index (χ0v) is 23.4. The molecule has 6 atom stereocenters. The first kappa shape index (κ1) is 24.0. The fourth-order valence-corrected chi connectivity index (χ4v) is 9.87. The lowest BCUT2D eigenvalue weighted by Gasteiger charge is -2.53. The van der Waals surface area contributed by atoms with E-state index in [2.05, 4.69) is 83.5 Å². The van der Waals surface area contributed by atoms with Gasteiger partial charge < -0.3 is 4.57 Å². The smallest absolute Gasteiger partial charge is 0.0534 e. The topological polar surface area (TPSA) is 4.93 Å². The molecule has 1 nitrogen and oxygen atoms in total. The van der Waals surface area contributed by atoms with Crippen LogP contribution in [0.5, 0.6) is 0 Å². The minimum Gasteiger partial charge on any atom is -0.317 e. The maximum Gasteiger partial charge on any atom is 0.0534 e. The minimum atomic E-state index is 0.703. The Kier molecular flexibility index (Phi) is 6.16. The molecule has 1 fully saturated rings. The van der Waals surface area contributed by atoms with E-state index in [0.717, 1.165) is 29.6 Å². The van der Waals surface area contributed by atoms with Crippen molar-refractivity contribution in [2.75, 3.05) is 0 Å². The zero-order chi connectivity index (χ0) is 25.8. The van der Waals surface area contributed by atoms with Crippen molar-refractivity contribution < 1.29 is 0 Å². The lowest BCUT2D eigenvalue weighted by atomic mass is 9.52. The highest BCUT2D eigenvalue weighted by molar-refractivity contribution is 5.94. The third kappa shape index (κ3) is 3.94. The van der Waals surface area contributed by atoms with Crippen LogP contribution >= 0.6 is 0 Å². The molecule has 8 rings (SSSR count). The van der Waals surface area contributed by atoms with Crippen molar-refractivity contribution in [3.8, 4) is 0 Å². The van der Waals surface area contributed by atoms with Crippen LogP contribution in [0.2, 0.25) is 0 Å². The van der Waals surface area contributed by atoms with Crippen LogP contribution in [-0.2, 0) is 6.42 Å². The Labute approximate surface area is 234 Å². The molecule has 1 heteroatoms. The Balaban J connectivity index is 1.16. The molecular formula is C38H43N. The third-order valence-corrected chi connectivity index (χ3v) is 11.4. The average Bonchev–Trinajstić information content (AvgIpc) is 3.35. The van der Waals surface area contributed by atoms with E-state index in [1.807, 2.05) is 5.57 Å². The van der Waals surface area contributed by atoms with Gasteiger partial charge in [0.1, 0.15) is 0 Å². The van der Waals surface area contributed by atoms with Gasteiger partial charge in [0, 0.05) is 22.3 Å². The maximum absolute atomic E-state index is 2.68. The lowest BCUT2D eigenvalue weighted by molar-refractivity contribution is 0.0658. The first-order chi connectivity index (χ1) is 19.4. The van der Waals surface area contributed by atoms with Gasteiger partial charge in [-0.05, 0) is 111 Å². The summed E-state index contributed by atoms with van der Waals surface area (Å²) in [5, 5.41) is 1.44. The number of rotatable bonds is 3. The van der Waals surface area contributed by atoms with E-state index in [9.17, 15) is 0 Å². The summed E-state index contributed by atoms with van der Waals surface area (Å²) in [6.45, 7) is 0. The van der Waals surface area contributed by atoms with Crippen LogP contribution in [0.15, 0.2) is 84.0 Å². The summed E-state index contributed by atoms with van der Waals surface area (Å²) < 4.78 is 2.67. The van der Waals surface area contributed by atoms with Gasteiger partial charge in [-0.1, -0.05) is 91.3 Å². The molecule has 2 aromatic rings. The summed E-state index contributed by atoms with van der Waals surface area (Å²) in [5.74, 6) is 4.86. The van der Waals surface area contributed by atoms with Crippen molar-refractivity contribution in [1.29, 1.82) is 0 Å². The summed E-state index contributed by atoms with van der Waals surface area (Å²) in [5.41, 5.74) is 9.69. The number of hydrogen-bond acceptors (Lipinski definition) is 0. The van der Waals surface area contributed by atoms with Crippen molar-refractivity contribution in [3.63, 3.8) is 0 Å². The van der Waals surface area contributed by atoms with Gasteiger partial charge in [0.05, 0.1) is 5.52 Å². The van der Waals surface area contributed by atoms with Crippen LogP contribution in [0.25, 0.3) is 22.7 Å². The molecule has 1 aromatic heterocycles. The number of benzene rings is 1. The second-order valence-corrected chi connectivity index (χ2v) is 13.2. The Morgan fingerprint density at radius 1 is 0.744 bits per heavy atom. The number of para-hydroxylation sites is 1. The van der Waals surface area contributed by atoms with Crippen LogP contribution in [0.4, 0.5) is 0 Å². The molecule has 200 valence electrons. The quantitative estimate of drug-likeness (QED) is 0.385. The highest BCUT2D eigenvalue weighted by Crippen LogP contribution is 2.58. The number of aromatic nitrogens is 1. The third-order valence-electron chi connectivity index (χ3n) is 11.4. The highest BCUT2D eigenvalue weighted by Gasteiger charge is 2.48. The van der Waals surface area contributed by atoms with Gasteiger partial charge in [-0.15, -0.1) is 0 Å². The molecule has 6 unspecified atom stereocenters. The first-order valence-corrected chi connectivity index (χ1v) is 16.1.